The van der Waals surface area contributed by atoms with E-state index in [-0.39, 0.29) is 5.56 Å². The van der Waals surface area contributed by atoms with Crippen molar-refractivity contribution in [1.82, 2.24) is 0 Å². The molecule has 1 heterocycles. The molecule has 3 aromatic rings. The zero-order chi connectivity index (χ0) is 22.2. The third-order valence-electron chi connectivity index (χ3n) is 6.42. The second-order valence-electron chi connectivity index (χ2n) is 8.55. The van der Waals surface area contributed by atoms with Crippen molar-refractivity contribution >= 4 is 28.9 Å². The summed E-state index contributed by atoms with van der Waals surface area (Å²) in [6.07, 6.45) is 4.69. The first-order chi connectivity index (χ1) is 15.5. The predicted octanol–water partition coefficient (Wildman–Crippen LogP) is 6.87. The number of rotatable bonds is 5. The Labute approximate surface area is 192 Å². The Hall–Kier alpha value is -3.18. The number of benzene rings is 3. The van der Waals surface area contributed by atoms with Gasteiger partial charge in [-0.1, -0.05) is 54.8 Å². The van der Waals surface area contributed by atoms with Gasteiger partial charge in [0.05, 0.1) is 22.0 Å². The third-order valence-corrected chi connectivity index (χ3v) is 6.73. The average molecular weight is 449 g/mol. The van der Waals surface area contributed by atoms with E-state index >= 15 is 0 Å². The maximum Gasteiger partial charge on any atom is 0.336 e. The molecule has 1 aliphatic heterocycles. The van der Waals surface area contributed by atoms with Crippen LogP contribution >= 0.6 is 11.6 Å². The molecule has 1 saturated carbocycles. The first-order valence-corrected chi connectivity index (χ1v) is 11.3. The molecule has 3 N–H and O–H groups in total. The van der Waals surface area contributed by atoms with E-state index in [0.29, 0.717) is 22.3 Å². The summed E-state index contributed by atoms with van der Waals surface area (Å²) in [6.45, 7) is 1.76. The average Bonchev–Trinajstić information content (AvgIpc) is 3.44. The number of carboxylic acids is 1. The second-order valence-corrected chi connectivity index (χ2v) is 8.96. The highest BCUT2D eigenvalue weighted by Crippen LogP contribution is 2.40. The van der Waals surface area contributed by atoms with Gasteiger partial charge in [-0.25, -0.2) is 4.79 Å². The summed E-state index contributed by atoms with van der Waals surface area (Å²) in [6, 6.07) is 17.7. The Bertz CT molecular complexity index is 1170. The zero-order valence-corrected chi connectivity index (χ0v) is 18.6. The Morgan fingerprint density at radius 2 is 1.69 bits per heavy atom. The largest absolute Gasteiger partial charge is 0.478 e. The van der Waals surface area contributed by atoms with Crippen molar-refractivity contribution in [2.24, 2.45) is 0 Å². The lowest BCUT2D eigenvalue weighted by Crippen LogP contribution is -2.29. The number of hydrogen-bond acceptors (Lipinski definition) is 4. The van der Waals surface area contributed by atoms with Crippen molar-refractivity contribution in [3.8, 4) is 16.9 Å². The van der Waals surface area contributed by atoms with Crippen molar-refractivity contribution in [3.05, 3.63) is 76.3 Å². The fraction of sp³-hybridized carbons (Fsp3) is 0.269. The van der Waals surface area contributed by atoms with Gasteiger partial charge in [-0.15, -0.1) is 0 Å². The van der Waals surface area contributed by atoms with E-state index in [1.807, 2.05) is 12.1 Å². The minimum atomic E-state index is -0.973. The summed E-state index contributed by atoms with van der Waals surface area (Å²) >= 11 is 6.62. The topological polar surface area (TPSA) is 70.6 Å². The molecule has 32 heavy (non-hydrogen) atoms. The van der Waals surface area contributed by atoms with Crippen LogP contribution in [0.3, 0.4) is 0 Å². The lowest BCUT2D eigenvalue weighted by molar-refractivity contribution is 0.0695. The number of hydrogen-bond donors (Lipinski definition) is 3. The van der Waals surface area contributed by atoms with Gasteiger partial charge in [0.2, 0.25) is 6.35 Å². The standard InChI is InChI=1S/C26H25ClN2O3/c1-15-6-11-19(12-20(15)25(30)31)32-26-28-23-13-21(22(27)14-24(23)29-26)18-9-7-17(8-10-18)16-4-2-3-5-16/h6-14,16,26,28-29H,2-5H2,1H3,(H,30,31). The number of halogens is 1. The van der Waals surface area contributed by atoms with Gasteiger partial charge in [0.15, 0.2) is 0 Å². The van der Waals surface area contributed by atoms with Crippen LogP contribution in [0, 0.1) is 6.92 Å². The van der Waals surface area contributed by atoms with Crippen LogP contribution in [0.1, 0.15) is 53.1 Å². The van der Waals surface area contributed by atoms with Crippen LogP contribution in [0.25, 0.3) is 11.1 Å². The Morgan fingerprint density at radius 3 is 2.38 bits per heavy atom. The molecule has 2 aliphatic rings. The molecule has 0 amide bonds. The van der Waals surface area contributed by atoms with Gasteiger partial charge in [-0.3, -0.25) is 0 Å². The lowest BCUT2D eigenvalue weighted by Gasteiger charge is -2.15. The summed E-state index contributed by atoms with van der Waals surface area (Å²) in [7, 11) is 0. The van der Waals surface area contributed by atoms with Crippen molar-refractivity contribution in [1.29, 1.82) is 0 Å². The molecule has 0 radical (unpaired) electrons. The first-order valence-electron chi connectivity index (χ1n) is 11.0. The summed E-state index contributed by atoms with van der Waals surface area (Å²) in [5.41, 5.74) is 6.10. The summed E-state index contributed by atoms with van der Waals surface area (Å²) in [5, 5.41) is 16.5. The lowest BCUT2D eigenvalue weighted by atomic mass is 9.95. The molecular formula is C26H25ClN2O3. The van der Waals surface area contributed by atoms with Crippen LogP contribution in [0.2, 0.25) is 5.02 Å². The molecule has 0 spiro atoms. The minimum Gasteiger partial charge on any atom is -0.478 e. The van der Waals surface area contributed by atoms with Gasteiger partial charge in [-0.2, -0.15) is 0 Å². The molecule has 164 valence electrons. The molecular weight excluding hydrogens is 424 g/mol. The second kappa shape index (κ2) is 8.40. The van der Waals surface area contributed by atoms with E-state index in [0.717, 1.165) is 22.5 Å². The van der Waals surface area contributed by atoms with Crippen LogP contribution in [-0.4, -0.2) is 17.4 Å². The van der Waals surface area contributed by atoms with Crippen molar-refractivity contribution < 1.29 is 14.6 Å². The fourth-order valence-corrected chi connectivity index (χ4v) is 4.92. The molecule has 5 rings (SSSR count). The summed E-state index contributed by atoms with van der Waals surface area (Å²) in [5.74, 6) is 0.185. The molecule has 0 bridgehead atoms. The Balaban J connectivity index is 1.34. The van der Waals surface area contributed by atoms with Gasteiger partial charge in [0, 0.05) is 5.56 Å². The highest BCUT2D eigenvalue weighted by molar-refractivity contribution is 6.34. The van der Waals surface area contributed by atoms with E-state index in [4.69, 9.17) is 16.3 Å². The number of fused-ring (bicyclic) bond motifs is 1. The number of carbonyl (C=O) groups is 1. The van der Waals surface area contributed by atoms with Crippen LogP contribution in [0.4, 0.5) is 11.4 Å². The maximum absolute atomic E-state index is 11.4. The fourth-order valence-electron chi connectivity index (χ4n) is 4.65. The summed E-state index contributed by atoms with van der Waals surface area (Å²) < 4.78 is 5.93. The monoisotopic (exact) mass is 448 g/mol. The van der Waals surface area contributed by atoms with Gasteiger partial charge in [0.25, 0.3) is 0 Å². The molecule has 1 fully saturated rings. The van der Waals surface area contributed by atoms with Crippen molar-refractivity contribution in [2.75, 3.05) is 10.6 Å². The number of anilines is 2. The Kier molecular flexibility index (Phi) is 5.43. The van der Waals surface area contributed by atoms with Crippen LogP contribution < -0.4 is 15.4 Å². The SMILES string of the molecule is Cc1ccc(OC2Nc3cc(Cl)c(-c4ccc(C5CCCC5)cc4)cc3N2)cc1C(=O)O. The van der Waals surface area contributed by atoms with E-state index in [1.165, 1.54) is 37.3 Å². The van der Waals surface area contributed by atoms with Gasteiger partial charge in [-0.05, 0) is 66.6 Å². The summed E-state index contributed by atoms with van der Waals surface area (Å²) in [4.78, 5) is 11.4. The Morgan fingerprint density at radius 1 is 1.00 bits per heavy atom. The molecule has 1 aliphatic carbocycles. The van der Waals surface area contributed by atoms with Gasteiger partial charge < -0.3 is 20.5 Å². The molecule has 1 unspecified atom stereocenters. The number of aromatic carboxylic acids is 1. The number of ether oxygens (including phenoxy) is 1. The van der Waals surface area contributed by atoms with Crippen LogP contribution in [0.15, 0.2) is 54.6 Å². The number of aryl methyl sites for hydroxylation is 1. The van der Waals surface area contributed by atoms with E-state index in [9.17, 15) is 9.90 Å². The number of nitrogens with one attached hydrogen (secondary N) is 2. The van der Waals surface area contributed by atoms with Gasteiger partial charge >= 0.3 is 5.97 Å². The van der Waals surface area contributed by atoms with E-state index < -0.39 is 12.3 Å². The highest BCUT2D eigenvalue weighted by Gasteiger charge is 2.24. The molecule has 6 heteroatoms. The maximum atomic E-state index is 11.4. The zero-order valence-electron chi connectivity index (χ0n) is 17.8. The quantitative estimate of drug-likeness (QED) is 0.397. The molecule has 0 aromatic heterocycles. The van der Waals surface area contributed by atoms with Crippen molar-refractivity contribution in [3.63, 3.8) is 0 Å². The normalized spacial score (nSPS) is 17.5. The van der Waals surface area contributed by atoms with Crippen LogP contribution in [0.5, 0.6) is 5.75 Å². The van der Waals surface area contributed by atoms with Crippen LogP contribution in [-0.2, 0) is 0 Å². The predicted molar refractivity (Wildman–Crippen MR) is 128 cm³/mol. The molecule has 0 saturated heterocycles. The minimum absolute atomic E-state index is 0.226. The number of carboxylic acid groups (broad SMARTS) is 1. The van der Waals surface area contributed by atoms with E-state index in [2.05, 4.69) is 34.9 Å². The molecule has 5 nitrogen and oxygen atoms in total. The third kappa shape index (κ3) is 4.00. The smallest absolute Gasteiger partial charge is 0.336 e. The highest BCUT2D eigenvalue weighted by atomic mass is 35.5. The molecule has 3 aromatic carbocycles. The first kappa shape index (κ1) is 20.7. The van der Waals surface area contributed by atoms with E-state index in [1.54, 1.807) is 19.1 Å². The van der Waals surface area contributed by atoms with Gasteiger partial charge in [0.1, 0.15) is 5.75 Å². The molecule has 1 atom stereocenters. The van der Waals surface area contributed by atoms with Crippen molar-refractivity contribution in [2.45, 2.75) is 44.9 Å².